The minimum Gasteiger partial charge on any atom is -0.336 e. The molecule has 4 aromatic rings. The molecule has 164 valence electrons. The molecule has 2 aromatic heterocycles. The molecule has 0 radical (unpaired) electrons. The predicted octanol–water partition coefficient (Wildman–Crippen LogP) is 2.91. The largest absolute Gasteiger partial charge is 0.336 e. The zero-order valence-electron chi connectivity index (χ0n) is 17.0. The standard InChI is InChI=1S/C22H20FN5O3S/c23-17-6-7-19-20(16-13-25-27(14-16)11-10-26-9-8-24-22(26)29)15-28(21(19)12-17)32(30,31)18-4-2-1-3-5-18/h1-7,12-15H,8-11H2,(H,24,29). The van der Waals surface area contributed by atoms with Gasteiger partial charge < -0.3 is 10.2 Å². The summed E-state index contributed by atoms with van der Waals surface area (Å²) in [6, 6.07) is 12.0. The lowest BCUT2D eigenvalue weighted by Gasteiger charge is -2.13. The van der Waals surface area contributed by atoms with Crippen LogP contribution in [-0.4, -0.2) is 52.7 Å². The van der Waals surface area contributed by atoms with Gasteiger partial charge in [0.1, 0.15) is 5.82 Å². The normalized spacial score (nSPS) is 14.3. The maximum absolute atomic E-state index is 14.0. The summed E-state index contributed by atoms with van der Waals surface area (Å²) in [5.74, 6) is -0.522. The molecule has 1 N–H and O–H groups in total. The summed E-state index contributed by atoms with van der Waals surface area (Å²) in [7, 11) is -3.92. The third kappa shape index (κ3) is 3.52. The molecule has 1 aliphatic rings. The Labute approximate surface area is 183 Å². The van der Waals surface area contributed by atoms with E-state index >= 15 is 0 Å². The van der Waals surface area contributed by atoms with Crippen LogP contribution in [0.2, 0.25) is 0 Å². The van der Waals surface area contributed by atoms with Gasteiger partial charge in [-0.1, -0.05) is 18.2 Å². The molecule has 0 atom stereocenters. The second kappa shape index (κ2) is 7.79. The van der Waals surface area contributed by atoms with Gasteiger partial charge in [0.2, 0.25) is 0 Å². The van der Waals surface area contributed by atoms with E-state index in [1.165, 1.54) is 30.5 Å². The maximum Gasteiger partial charge on any atom is 0.317 e. The Kier molecular flexibility index (Phi) is 4.93. The molecular formula is C22H20FN5O3S. The number of benzene rings is 2. The summed E-state index contributed by atoms with van der Waals surface area (Å²) in [5.41, 5.74) is 1.59. The zero-order chi connectivity index (χ0) is 22.3. The number of fused-ring (bicyclic) bond motifs is 1. The number of nitrogens with one attached hydrogen (secondary N) is 1. The minimum atomic E-state index is -3.92. The third-order valence-electron chi connectivity index (χ3n) is 5.52. The SMILES string of the molecule is O=C1NCCN1CCn1cc(-c2cn(S(=O)(=O)c3ccccc3)c3cc(F)ccc23)cn1. The third-order valence-corrected chi connectivity index (χ3v) is 7.21. The highest BCUT2D eigenvalue weighted by atomic mass is 32.2. The van der Waals surface area contributed by atoms with Crippen molar-refractivity contribution in [2.75, 3.05) is 19.6 Å². The summed E-state index contributed by atoms with van der Waals surface area (Å²) < 4.78 is 43.4. The first-order valence-corrected chi connectivity index (χ1v) is 11.5. The van der Waals surface area contributed by atoms with Gasteiger partial charge in [-0.3, -0.25) is 4.68 Å². The summed E-state index contributed by atoms with van der Waals surface area (Å²) in [4.78, 5) is 13.5. The van der Waals surface area contributed by atoms with Crippen LogP contribution >= 0.6 is 0 Å². The number of aromatic nitrogens is 3. The number of carbonyl (C=O) groups is 1. The first-order valence-electron chi connectivity index (χ1n) is 10.1. The van der Waals surface area contributed by atoms with Gasteiger partial charge in [0.05, 0.1) is 23.2 Å². The van der Waals surface area contributed by atoms with Gasteiger partial charge in [-0.15, -0.1) is 0 Å². The highest BCUT2D eigenvalue weighted by Crippen LogP contribution is 2.33. The number of nitrogens with zero attached hydrogens (tertiary/aromatic N) is 4. The van der Waals surface area contributed by atoms with E-state index in [0.717, 1.165) is 3.97 Å². The van der Waals surface area contributed by atoms with Crippen LogP contribution in [0, 0.1) is 5.82 Å². The molecule has 2 amide bonds. The van der Waals surface area contributed by atoms with E-state index in [-0.39, 0.29) is 16.4 Å². The molecule has 2 aromatic carbocycles. The van der Waals surface area contributed by atoms with Crippen molar-refractivity contribution < 1.29 is 17.6 Å². The molecule has 0 unspecified atom stereocenters. The van der Waals surface area contributed by atoms with Crippen LogP contribution < -0.4 is 5.32 Å². The molecule has 1 aliphatic heterocycles. The molecule has 8 nitrogen and oxygen atoms in total. The van der Waals surface area contributed by atoms with Crippen molar-refractivity contribution in [1.82, 2.24) is 24.0 Å². The molecule has 1 saturated heterocycles. The molecule has 32 heavy (non-hydrogen) atoms. The van der Waals surface area contributed by atoms with Gasteiger partial charge in [0.15, 0.2) is 0 Å². The fraction of sp³-hybridized carbons (Fsp3) is 0.182. The Balaban J connectivity index is 1.53. The monoisotopic (exact) mass is 453 g/mol. The fourth-order valence-electron chi connectivity index (χ4n) is 3.88. The summed E-state index contributed by atoms with van der Waals surface area (Å²) in [5, 5.41) is 7.72. The van der Waals surface area contributed by atoms with Crippen molar-refractivity contribution in [1.29, 1.82) is 0 Å². The summed E-state index contributed by atoms with van der Waals surface area (Å²) >= 11 is 0. The number of urea groups is 1. The van der Waals surface area contributed by atoms with Crippen molar-refractivity contribution in [3.63, 3.8) is 0 Å². The van der Waals surface area contributed by atoms with Crippen LogP contribution in [0.3, 0.4) is 0 Å². The number of hydrogen-bond donors (Lipinski definition) is 1. The Morgan fingerprint density at radius 2 is 1.88 bits per heavy atom. The van der Waals surface area contributed by atoms with Gasteiger partial charge in [0, 0.05) is 48.5 Å². The Bertz CT molecular complexity index is 1410. The van der Waals surface area contributed by atoms with Crippen molar-refractivity contribution >= 4 is 27.0 Å². The molecular weight excluding hydrogens is 433 g/mol. The van der Waals surface area contributed by atoms with E-state index in [1.54, 1.807) is 46.2 Å². The quantitative estimate of drug-likeness (QED) is 0.486. The highest BCUT2D eigenvalue weighted by Gasteiger charge is 2.23. The van der Waals surface area contributed by atoms with Gasteiger partial charge in [0.25, 0.3) is 10.0 Å². The average Bonchev–Trinajstić information content (AvgIpc) is 3.51. The molecule has 1 fully saturated rings. The van der Waals surface area contributed by atoms with E-state index < -0.39 is 15.8 Å². The lowest BCUT2D eigenvalue weighted by molar-refractivity contribution is 0.215. The van der Waals surface area contributed by atoms with Crippen molar-refractivity contribution in [2.24, 2.45) is 0 Å². The summed E-state index contributed by atoms with van der Waals surface area (Å²) in [6.07, 6.45) is 4.94. The fourth-order valence-corrected chi connectivity index (χ4v) is 5.26. The number of carbonyl (C=O) groups excluding carboxylic acids is 1. The molecule has 0 spiro atoms. The van der Waals surface area contributed by atoms with Crippen molar-refractivity contribution in [3.05, 3.63) is 72.9 Å². The second-order valence-corrected chi connectivity index (χ2v) is 9.34. The molecule has 0 saturated carbocycles. The maximum atomic E-state index is 14.0. The smallest absolute Gasteiger partial charge is 0.317 e. The second-order valence-electron chi connectivity index (χ2n) is 7.53. The molecule has 0 aliphatic carbocycles. The predicted molar refractivity (Wildman–Crippen MR) is 117 cm³/mol. The Morgan fingerprint density at radius 3 is 2.62 bits per heavy atom. The Morgan fingerprint density at radius 1 is 1.06 bits per heavy atom. The molecule has 0 bridgehead atoms. The topological polar surface area (TPSA) is 89.2 Å². The average molecular weight is 453 g/mol. The van der Waals surface area contributed by atoms with Crippen molar-refractivity contribution in [3.8, 4) is 11.1 Å². The van der Waals surface area contributed by atoms with E-state index in [4.69, 9.17) is 0 Å². The summed E-state index contributed by atoms with van der Waals surface area (Å²) in [6.45, 7) is 2.31. The van der Waals surface area contributed by atoms with Gasteiger partial charge in [-0.2, -0.15) is 5.10 Å². The van der Waals surface area contributed by atoms with E-state index in [9.17, 15) is 17.6 Å². The number of amides is 2. The highest BCUT2D eigenvalue weighted by molar-refractivity contribution is 7.90. The Hall–Kier alpha value is -3.66. The van der Waals surface area contributed by atoms with Gasteiger partial charge in [-0.25, -0.2) is 21.6 Å². The van der Waals surface area contributed by atoms with E-state index in [2.05, 4.69) is 10.4 Å². The van der Waals surface area contributed by atoms with Crippen molar-refractivity contribution in [2.45, 2.75) is 11.4 Å². The zero-order valence-corrected chi connectivity index (χ0v) is 17.8. The van der Waals surface area contributed by atoms with Crippen LogP contribution in [0.1, 0.15) is 0 Å². The van der Waals surface area contributed by atoms with Crippen LogP contribution in [0.15, 0.2) is 72.0 Å². The molecule has 3 heterocycles. The lowest BCUT2D eigenvalue weighted by atomic mass is 10.1. The first-order chi connectivity index (χ1) is 15.4. The number of rotatable bonds is 6. The van der Waals surface area contributed by atoms with Gasteiger partial charge >= 0.3 is 6.03 Å². The van der Waals surface area contributed by atoms with E-state index in [0.29, 0.717) is 42.7 Å². The lowest BCUT2D eigenvalue weighted by Crippen LogP contribution is -2.31. The first kappa shape index (κ1) is 20.3. The van der Waals surface area contributed by atoms with Crippen LogP contribution in [0.5, 0.6) is 0 Å². The van der Waals surface area contributed by atoms with E-state index in [1.807, 2.05) is 0 Å². The molecule has 10 heteroatoms. The van der Waals surface area contributed by atoms with Crippen LogP contribution in [0.25, 0.3) is 22.0 Å². The number of hydrogen-bond acceptors (Lipinski definition) is 4. The van der Waals surface area contributed by atoms with Crippen LogP contribution in [0.4, 0.5) is 9.18 Å². The molecule has 5 rings (SSSR count). The van der Waals surface area contributed by atoms with Crippen LogP contribution in [-0.2, 0) is 16.6 Å². The number of halogens is 1. The minimum absolute atomic E-state index is 0.0893. The van der Waals surface area contributed by atoms with Gasteiger partial charge in [-0.05, 0) is 30.3 Å².